The molecule has 3 heteroatoms. The molecule has 0 atom stereocenters. The summed E-state index contributed by atoms with van der Waals surface area (Å²) in [5, 5.41) is 2.87. The van der Waals surface area contributed by atoms with Gasteiger partial charge in [0.15, 0.2) is 0 Å². The molecule has 0 bridgehead atoms. The lowest BCUT2D eigenvalue weighted by molar-refractivity contribution is 0.0936. The molecule has 110 valence electrons. The third-order valence-electron chi connectivity index (χ3n) is 3.38. The number of ether oxygens (including phenoxy) is 1. The zero-order valence-corrected chi connectivity index (χ0v) is 12.3. The number of hydrogen-bond donors (Lipinski definition) is 1. The van der Waals surface area contributed by atoms with Crippen molar-refractivity contribution in [2.75, 3.05) is 20.3 Å². The van der Waals surface area contributed by atoms with E-state index >= 15 is 0 Å². The summed E-state index contributed by atoms with van der Waals surface area (Å²) >= 11 is 0. The number of rotatable bonds is 7. The van der Waals surface area contributed by atoms with E-state index in [4.69, 9.17) is 4.74 Å². The monoisotopic (exact) mass is 283 g/mol. The summed E-state index contributed by atoms with van der Waals surface area (Å²) < 4.78 is 4.95. The van der Waals surface area contributed by atoms with E-state index in [1.807, 2.05) is 42.5 Å². The predicted octanol–water partition coefficient (Wildman–Crippen LogP) is 2.85. The van der Waals surface area contributed by atoms with Crippen LogP contribution < -0.4 is 5.32 Å². The van der Waals surface area contributed by atoms with Crippen molar-refractivity contribution in [2.24, 2.45) is 0 Å². The molecule has 2 aromatic carbocycles. The van der Waals surface area contributed by atoms with E-state index in [-0.39, 0.29) is 5.91 Å². The highest BCUT2D eigenvalue weighted by atomic mass is 16.5. The van der Waals surface area contributed by atoms with Crippen LogP contribution in [0.1, 0.15) is 21.5 Å². The van der Waals surface area contributed by atoms with Gasteiger partial charge in [-0.25, -0.2) is 0 Å². The maximum Gasteiger partial charge on any atom is 0.251 e. The quantitative estimate of drug-likeness (QED) is 0.794. The molecular weight excluding hydrogens is 262 g/mol. The molecule has 0 saturated heterocycles. The first kappa shape index (κ1) is 15.3. The fourth-order valence-corrected chi connectivity index (χ4v) is 2.25. The average molecular weight is 283 g/mol. The average Bonchev–Trinajstić information content (AvgIpc) is 2.54. The standard InChI is InChI=1S/C18H21NO2/c1-21-14-13-19-18(20)17-10-6-5-9-16(17)12-11-15-7-3-2-4-8-15/h2-10H,11-14H2,1H3,(H,19,20). The third kappa shape index (κ3) is 4.72. The molecule has 0 aliphatic carbocycles. The third-order valence-corrected chi connectivity index (χ3v) is 3.38. The molecule has 2 aromatic rings. The van der Waals surface area contributed by atoms with Crippen molar-refractivity contribution in [3.05, 3.63) is 71.3 Å². The van der Waals surface area contributed by atoms with Crippen LogP contribution in [0.5, 0.6) is 0 Å². The number of aryl methyl sites for hydroxylation is 2. The molecule has 21 heavy (non-hydrogen) atoms. The largest absolute Gasteiger partial charge is 0.383 e. The molecule has 0 radical (unpaired) electrons. The summed E-state index contributed by atoms with van der Waals surface area (Å²) in [5.74, 6) is -0.0317. The van der Waals surface area contributed by atoms with Crippen molar-refractivity contribution in [1.29, 1.82) is 0 Å². The summed E-state index contributed by atoms with van der Waals surface area (Å²) in [6.07, 6.45) is 1.79. The Labute approximate surface area is 126 Å². The van der Waals surface area contributed by atoms with Crippen LogP contribution in [0.25, 0.3) is 0 Å². The topological polar surface area (TPSA) is 38.3 Å². The molecule has 1 amide bonds. The van der Waals surface area contributed by atoms with Gasteiger partial charge >= 0.3 is 0 Å². The molecule has 0 saturated carbocycles. The van der Waals surface area contributed by atoms with Gasteiger partial charge in [-0.2, -0.15) is 0 Å². The number of amides is 1. The molecule has 0 aliphatic rings. The first-order valence-electron chi connectivity index (χ1n) is 7.20. The Kier molecular flexibility index (Phi) is 5.98. The molecule has 0 unspecified atom stereocenters. The van der Waals surface area contributed by atoms with E-state index < -0.39 is 0 Å². The Morgan fingerprint density at radius 3 is 2.48 bits per heavy atom. The van der Waals surface area contributed by atoms with Crippen molar-refractivity contribution in [2.45, 2.75) is 12.8 Å². The second kappa shape index (κ2) is 8.22. The van der Waals surface area contributed by atoms with Gasteiger partial charge < -0.3 is 10.1 Å². The first-order chi connectivity index (χ1) is 10.3. The zero-order chi connectivity index (χ0) is 14.9. The van der Waals surface area contributed by atoms with Crippen LogP contribution in [-0.4, -0.2) is 26.2 Å². The van der Waals surface area contributed by atoms with Crippen LogP contribution in [0, 0.1) is 0 Å². The lowest BCUT2D eigenvalue weighted by Gasteiger charge is -2.10. The van der Waals surface area contributed by atoms with Gasteiger partial charge in [0, 0.05) is 19.2 Å². The highest BCUT2D eigenvalue weighted by Crippen LogP contribution is 2.12. The highest BCUT2D eigenvalue weighted by Gasteiger charge is 2.10. The van der Waals surface area contributed by atoms with Crippen molar-refractivity contribution in [3.63, 3.8) is 0 Å². The zero-order valence-electron chi connectivity index (χ0n) is 12.3. The van der Waals surface area contributed by atoms with Crippen LogP contribution in [0.4, 0.5) is 0 Å². The van der Waals surface area contributed by atoms with Crippen LogP contribution >= 0.6 is 0 Å². The molecule has 3 nitrogen and oxygen atoms in total. The smallest absolute Gasteiger partial charge is 0.251 e. The maximum absolute atomic E-state index is 12.2. The van der Waals surface area contributed by atoms with Gasteiger partial charge in [0.1, 0.15) is 0 Å². The van der Waals surface area contributed by atoms with E-state index in [9.17, 15) is 4.79 Å². The van der Waals surface area contributed by atoms with E-state index in [1.165, 1.54) is 5.56 Å². The lowest BCUT2D eigenvalue weighted by atomic mass is 9.99. The summed E-state index contributed by atoms with van der Waals surface area (Å²) in [7, 11) is 1.62. The van der Waals surface area contributed by atoms with E-state index in [0.717, 1.165) is 24.0 Å². The van der Waals surface area contributed by atoms with Crippen molar-refractivity contribution in [3.8, 4) is 0 Å². The van der Waals surface area contributed by atoms with Gasteiger partial charge in [0.25, 0.3) is 5.91 Å². The predicted molar refractivity (Wildman–Crippen MR) is 84.5 cm³/mol. The lowest BCUT2D eigenvalue weighted by Crippen LogP contribution is -2.27. The summed E-state index contributed by atoms with van der Waals surface area (Å²) in [6.45, 7) is 1.06. The number of carbonyl (C=O) groups is 1. The van der Waals surface area contributed by atoms with Gasteiger partial charge in [-0.15, -0.1) is 0 Å². The van der Waals surface area contributed by atoms with Gasteiger partial charge in [-0.1, -0.05) is 48.5 Å². The Morgan fingerprint density at radius 1 is 1.00 bits per heavy atom. The summed E-state index contributed by atoms with van der Waals surface area (Å²) in [6, 6.07) is 18.1. The fourth-order valence-electron chi connectivity index (χ4n) is 2.25. The minimum atomic E-state index is -0.0317. The maximum atomic E-state index is 12.2. The number of nitrogens with one attached hydrogen (secondary N) is 1. The van der Waals surface area contributed by atoms with Crippen LogP contribution in [0.15, 0.2) is 54.6 Å². The second-order valence-corrected chi connectivity index (χ2v) is 4.89. The Morgan fingerprint density at radius 2 is 1.71 bits per heavy atom. The van der Waals surface area contributed by atoms with Crippen LogP contribution in [0.2, 0.25) is 0 Å². The second-order valence-electron chi connectivity index (χ2n) is 4.89. The minimum Gasteiger partial charge on any atom is -0.383 e. The normalized spacial score (nSPS) is 10.3. The molecular formula is C18H21NO2. The Balaban J connectivity index is 2.01. The fraction of sp³-hybridized carbons (Fsp3) is 0.278. The van der Waals surface area contributed by atoms with Crippen LogP contribution in [0.3, 0.4) is 0 Å². The molecule has 0 heterocycles. The highest BCUT2D eigenvalue weighted by molar-refractivity contribution is 5.95. The van der Waals surface area contributed by atoms with Crippen molar-refractivity contribution < 1.29 is 9.53 Å². The number of methoxy groups -OCH3 is 1. The molecule has 0 aromatic heterocycles. The van der Waals surface area contributed by atoms with E-state index in [0.29, 0.717) is 13.2 Å². The van der Waals surface area contributed by atoms with Crippen molar-refractivity contribution in [1.82, 2.24) is 5.32 Å². The Bertz CT molecular complexity index is 566. The summed E-state index contributed by atoms with van der Waals surface area (Å²) in [4.78, 5) is 12.2. The number of carbonyl (C=O) groups excluding carboxylic acids is 1. The molecule has 0 fully saturated rings. The molecule has 0 spiro atoms. The van der Waals surface area contributed by atoms with E-state index in [1.54, 1.807) is 7.11 Å². The van der Waals surface area contributed by atoms with Gasteiger partial charge in [-0.05, 0) is 30.0 Å². The van der Waals surface area contributed by atoms with E-state index in [2.05, 4.69) is 17.4 Å². The van der Waals surface area contributed by atoms with Crippen molar-refractivity contribution >= 4 is 5.91 Å². The SMILES string of the molecule is COCCNC(=O)c1ccccc1CCc1ccccc1. The van der Waals surface area contributed by atoms with Gasteiger partial charge in [0.2, 0.25) is 0 Å². The molecule has 2 rings (SSSR count). The molecule has 1 N–H and O–H groups in total. The molecule has 0 aliphatic heterocycles. The first-order valence-corrected chi connectivity index (χ1v) is 7.20. The van der Waals surface area contributed by atoms with Gasteiger partial charge in [-0.3, -0.25) is 4.79 Å². The van der Waals surface area contributed by atoms with Gasteiger partial charge in [0.05, 0.1) is 6.61 Å². The van der Waals surface area contributed by atoms with Crippen LogP contribution in [-0.2, 0) is 17.6 Å². The summed E-state index contributed by atoms with van der Waals surface area (Å²) in [5.41, 5.74) is 3.12. The number of benzene rings is 2. The minimum absolute atomic E-state index is 0.0317. The Hall–Kier alpha value is -2.13. The number of hydrogen-bond acceptors (Lipinski definition) is 2.